The van der Waals surface area contributed by atoms with Gasteiger partial charge in [-0.2, -0.15) is 5.10 Å². The number of phenolic OH excluding ortho intramolecular Hbond substituents is 2. The van der Waals surface area contributed by atoms with Crippen LogP contribution in [-0.4, -0.2) is 49.5 Å². The van der Waals surface area contributed by atoms with Gasteiger partial charge in [-0.05, 0) is 42.3 Å². The molecule has 0 aliphatic carbocycles. The maximum Gasteiger partial charge on any atom is 0.273 e. The molecule has 144 valence electrons. The van der Waals surface area contributed by atoms with Crippen LogP contribution < -0.4 is 0 Å². The Kier molecular flexibility index (Phi) is 4.49. The Morgan fingerprint density at radius 1 is 1.25 bits per heavy atom. The van der Waals surface area contributed by atoms with Crippen molar-refractivity contribution in [2.45, 2.75) is 13.0 Å². The summed E-state index contributed by atoms with van der Waals surface area (Å²) in [6.45, 7) is 1.68. The number of hydrogen-bond donors (Lipinski definition) is 4. The summed E-state index contributed by atoms with van der Waals surface area (Å²) in [5, 5.41) is 37.3. The van der Waals surface area contributed by atoms with Gasteiger partial charge in [0.1, 0.15) is 22.9 Å². The number of aromatic nitrogens is 2. The minimum absolute atomic E-state index is 0.00100. The summed E-state index contributed by atoms with van der Waals surface area (Å²) in [5.41, 5.74) is 3.04. The van der Waals surface area contributed by atoms with E-state index in [4.69, 9.17) is 11.6 Å². The van der Waals surface area contributed by atoms with Gasteiger partial charge in [0.25, 0.3) is 5.91 Å². The fraction of sp³-hybridized carbons (Fsp3) is 0.200. The highest BCUT2D eigenvalue weighted by Gasteiger charge is 2.42. The van der Waals surface area contributed by atoms with Gasteiger partial charge in [-0.15, -0.1) is 0 Å². The van der Waals surface area contributed by atoms with Gasteiger partial charge in [-0.25, -0.2) is 0 Å². The number of hydrogen-bond acceptors (Lipinski definition) is 5. The van der Waals surface area contributed by atoms with E-state index in [0.717, 1.165) is 5.56 Å². The molecule has 1 aromatic heterocycles. The third-order valence-corrected chi connectivity index (χ3v) is 5.33. The Bertz CT molecular complexity index is 1080. The van der Waals surface area contributed by atoms with E-state index in [1.54, 1.807) is 43.3 Å². The Labute approximate surface area is 165 Å². The van der Waals surface area contributed by atoms with Crippen molar-refractivity contribution < 1.29 is 20.1 Å². The molecule has 7 nitrogen and oxygen atoms in total. The lowest BCUT2D eigenvalue weighted by Gasteiger charge is -2.25. The molecule has 0 saturated heterocycles. The van der Waals surface area contributed by atoms with Crippen LogP contribution in [0.4, 0.5) is 0 Å². The average molecular weight is 400 g/mol. The summed E-state index contributed by atoms with van der Waals surface area (Å²) < 4.78 is 0. The SMILES string of the molecule is Cc1cc(O)c(-c2n[nH]c3c2[C@@H](c2cccc(O)c2)N(CCO)C3=O)cc1Cl. The van der Waals surface area contributed by atoms with Gasteiger partial charge in [0.2, 0.25) is 0 Å². The first-order chi connectivity index (χ1) is 13.4. The van der Waals surface area contributed by atoms with E-state index in [1.807, 2.05) is 0 Å². The lowest BCUT2D eigenvalue weighted by Crippen LogP contribution is -2.32. The number of benzene rings is 2. The minimum Gasteiger partial charge on any atom is -0.508 e. The second kappa shape index (κ2) is 6.85. The average Bonchev–Trinajstić information content (AvgIpc) is 3.18. The summed E-state index contributed by atoms with van der Waals surface area (Å²) in [5.74, 6) is -0.249. The maximum absolute atomic E-state index is 12.9. The number of nitrogens with one attached hydrogen (secondary N) is 1. The summed E-state index contributed by atoms with van der Waals surface area (Å²) in [6.07, 6.45) is 0. The van der Waals surface area contributed by atoms with Crippen LogP contribution in [0.2, 0.25) is 5.02 Å². The Hall–Kier alpha value is -3.03. The predicted molar refractivity (Wildman–Crippen MR) is 104 cm³/mol. The van der Waals surface area contributed by atoms with E-state index < -0.39 is 6.04 Å². The van der Waals surface area contributed by atoms with Gasteiger partial charge in [-0.3, -0.25) is 9.89 Å². The molecule has 1 atom stereocenters. The van der Waals surface area contributed by atoms with Gasteiger partial charge < -0.3 is 20.2 Å². The normalized spacial score (nSPS) is 15.9. The van der Waals surface area contributed by atoms with E-state index in [1.165, 1.54) is 4.90 Å². The number of aromatic amines is 1. The molecule has 1 aliphatic rings. The number of phenols is 2. The van der Waals surface area contributed by atoms with E-state index in [9.17, 15) is 20.1 Å². The number of carbonyl (C=O) groups is 1. The fourth-order valence-electron chi connectivity index (χ4n) is 3.64. The lowest BCUT2D eigenvalue weighted by atomic mass is 9.95. The maximum atomic E-state index is 12.9. The molecule has 4 rings (SSSR count). The number of H-pyrrole nitrogens is 1. The first-order valence-electron chi connectivity index (χ1n) is 8.71. The molecular formula is C20H18ClN3O4. The van der Waals surface area contributed by atoms with Crippen LogP contribution >= 0.6 is 11.6 Å². The number of nitrogens with zero attached hydrogens (tertiary/aromatic N) is 2. The molecule has 0 fully saturated rings. The summed E-state index contributed by atoms with van der Waals surface area (Å²) >= 11 is 6.24. The highest BCUT2D eigenvalue weighted by Crippen LogP contribution is 2.45. The Balaban J connectivity index is 1.94. The molecule has 8 heteroatoms. The molecule has 4 N–H and O–H groups in total. The minimum atomic E-state index is -0.574. The third kappa shape index (κ3) is 2.80. The zero-order valence-corrected chi connectivity index (χ0v) is 15.7. The molecule has 0 spiro atoms. The van der Waals surface area contributed by atoms with E-state index in [-0.39, 0.29) is 36.3 Å². The van der Waals surface area contributed by atoms with Crippen LogP contribution in [0.3, 0.4) is 0 Å². The number of aliphatic hydroxyl groups is 1. The number of amides is 1. The zero-order valence-electron chi connectivity index (χ0n) is 15.0. The highest BCUT2D eigenvalue weighted by molar-refractivity contribution is 6.31. The number of carbonyl (C=O) groups excluding carboxylic acids is 1. The van der Waals surface area contributed by atoms with E-state index >= 15 is 0 Å². The van der Waals surface area contributed by atoms with Crippen LogP contribution in [-0.2, 0) is 0 Å². The summed E-state index contributed by atoms with van der Waals surface area (Å²) in [6, 6.07) is 9.16. The van der Waals surface area contributed by atoms with Crippen LogP contribution in [0.1, 0.15) is 33.2 Å². The second-order valence-corrected chi connectivity index (χ2v) is 7.11. The van der Waals surface area contributed by atoms with Crippen molar-refractivity contribution in [3.63, 3.8) is 0 Å². The topological polar surface area (TPSA) is 110 Å². The zero-order chi connectivity index (χ0) is 20.0. The largest absolute Gasteiger partial charge is 0.508 e. The molecule has 0 saturated carbocycles. The van der Waals surface area contributed by atoms with Crippen molar-refractivity contribution in [2.24, 2.45) is 0 Å². The lowest BCUT2D eigenvalue weighted by molar-refractivity contribution is 0.0706. The molecule has 2 heterocycles. The number of β-amino-alcohol motifs (C(OH)–C–C–N with tert-alkyl or cyclic N) is 1. The first-order valence-corrected chi connectivity index (χ1v) is 9.08. The standard InChI is InChI=1S/C20H18ClN3O4/c1-10-7-15(27)13(9-14(10)21)17-16-18(23-22-17)20(28)24(5-6-25)19(16)11-3-2-4-12(26)8-11/h2-4,7-9,19,25-27H,5-6H2,1H3,(H,22,23)/t19-/m1/s1. The molecule has 2 aromatic carbocycles. The van der Waals surface area contributed by atoms with Crippen molar-refractivity contribution in [3.8, 4) is 22.8 Å². The van der Waals surface area contributed by atoms with Crippen molar-refractivity contribution in [2.75, 3.05) is 13.2 Å². The molecule has 28 heavy (non-hydrogen) atoms. The molecular weight excluding hydrogens is 382 g/mol. The molecule has 0 radical (unpaired) electrons. The monoisotopic (exact) mass is 399 g/mol. The van der Waals surface area contributed by atoms with Crippen LogP contribution in [0, 0.1) is 6.92 Å². The fourth-order valence-corrected chi connectivity index (χ4v) is 3.80. The first kappa shape index (κ1) is 18.3. The van der Waals surface area contributed by atoms with E-state index in [0.29, 0.717) is 27.4 Å². The number of halogens is 1. The summed E-state index contributed by atoms with van der Waals surface area (Å²) in [4.78, 5) is 14.4. The third-order valence-electron chi connectivity index (χ3n) is 4.92. The molecule has 1 amide bonds. The van der Waals surface area contributed by atoms with Gasteiger partial charge in [0.15, 0.2) is 0 Å². The number of aryl methyl sites for hydroxylation is 1. The number of aromatic hydroxyl groups is 2. The van der Waals surface area contributed by atoms with Gasteiger partial charge >= 0.3 is 0 Å². The number of rotatable bonds is 4. The number of aliphatic hydroxyl groups excluding tert-OH is 1. The van der Waals surface area contributed by atoms with Crippen molar-refractivity contribution >= 4 is 17.5 Å². The van der Waals surface area contributed by atoms with Crippen LogP contribution in [0.15, 0.2) is 36.4 Å². The second-order valence-electron chi connectivity index (χ2n) is 6.70. The smallest absolute Gasteiger partial charge is 0.273 e. The van der Waals surface area contributed by atoms with Gasteiger partial charge in [-0.1, -0.05) is 23.7 Å². The molecule has 1 aliphatic heterocycles. The van der Waals surface area contributed by atoms with Crippen molar-refractivity contribution in [3.05, 3.63) is 63.8 Å². The molecule has 0 unspecified atom stereocenters. The summed E-state index contributed by atoms with van der Waals surface area (Å²) in [7, 11) is 0. The molecule has 0 bridgehead atoms. The van der Waals surface area contributed by atoms with Crippen LogP contribution in [0.5, 0.6) is 11.5 Å². The molecule has 3 aromatic rings. The predicted octanol–water partition coefficient (Wildman–Crippen LogP) is 2.99. The van der Waals surface area contributed by atoms with Crippen molar-refractivity contribution in [1.82, 2.24) is 15.1 Å². The number of fused-ring (bicyclic) bond motifs is 1. The Morgan fingerprint density at radius 3 is 2.75 bits per heavy atom. The quantitative estimate of drug-likeness (QED) is 0.539. The van der Waals surface area contributed by atoms with Crippen LogP contribution in [0.25, 0.3) is 11.3 Å². The van der Waals surface area contributed by atoms with Crippen molar-refractivity contribution in [1.29, 1.82) is 0 Å². The van der Waals surface area contributed by atoms with Gasteiger partial charge in [0.05, 0.1) is 12.6 Å². The van der Waals surface area contributed by atoms with Gasteiger partial charge in [0, 0.05) is 22.7 Å². The highest BCUT2D eigenvalue weighted by atomic mass is 35.5. The Morgan fingerprint density at radius 2 is 2.04 bits per heavy atom. The van der Waals surface area contributed by atoms with E-state index in [2.05, 4.69) is 10.2 Å².